The number of hydrogen-bond acceptors (Lipinski definition) is 3. The van der Waals surface area contributed by atoms with E-state index in [-0.39, 0.29) is 24.8 Å². The molecule has 1 aliphatic carbocycles. The Kier molecular flexibility index (Phi) is 4.58. The van der Waals surface area contributed by atoms with Gasteiger partial charge in [0.1, 0.15) is 0 Å². The first-order chi connectivity index (χ1) is 8.98. The van der Waals surface area contributed by atoms with Crippen LogP contribution in [-0.4, -0.2) is 15.7 Å². The molecule has 1 fully saturated rings. The van der Waals surface area contributed by atoms with Crippen molar-refractivity contribution in [3.05, 3.63) is 16.4 Å². The lowest BCUT2D eigenvalue weighted by atomic mass is 9.95. The van der Waals surface area contributed by atoms with E-state index < -0.39 is 5.92 Å². The highest BCUT2D eigenvalue weighted by Crippen LogP contribution is 2.45. The van der Waals surface area contributed by atoms with E-state index in [9.17, 15) is 8.78 Å². The molecular formula is C12H19BrF2N4. The van der Waals surface area contributed by atoms with Gasteiger partial charge < -0.3 is 0 Å². The summed E-state index contributed by atoms with van der Waals surface area (Å²) in [5.74, 6) is 2.88. The number of rotatable bonds is 5. The van der Waals surface area contributed by atoms with Crippen LogP contribution in [0.4, 0.5) is 8.78 Å². The van der Waals surface area contributed by atoms with Crippen molar-refractivity contribution in [1.29, 1.82) is 0 Å². The molecule has 19 heavy (non-hydrogen) atoms. The second-order valence-electron chi connectivity index (χ2n) is 5.10. The lowest BCUT2D eigenvalue weighted by Gasteiger charge is -2.24. The van der Waals surface area contributed by atoms with Crippen molar-refractivity contribution in [2.75, 3.05) is 0 Å². The number of aromatic nitrogens is 2. The Morgan fingerprint density at radius 1 is 1.68 bits per heavy atom. The maximum absolute atomic E-state index is 13.4. The van der Waals surface area contributed by atoms with E-state index >= 15 is 0 Å². The minimum atomic E-state index is -2.57. The molecule has 2 rings (SSSR count). The molecule has 2 unspecified atom stereocenters. The molecule has 0 aliphatic heterocycles. The van der Waals surface area contributed by atoms with Gasteiger partial charge in [0.25, 0.3) is 0 Å². The molecule has 3 N–H and O–H groups in total. The van der Waals surface area contributed by atoms with Gasteiger partial charge in [0, 0.05) is 19.4 Å². The molecule has 108 valence electrons. The van der Waals surface area contributed by atoms with Crippen LogP contribution in [-0.2, 0) is 6.54 Å². The normalized spacial score (nSPS) is 23.7. The molecule has 1 heterocycles. The average molecular weight is 337 g/mol. The predicted octanol–water partition coefficient (Wildman–Crippen LogP) is 3.00. The summed E-state index contributed by atoms with van der Waals surface area (Å²) in [6.07, 6.45) is 2.92. The van der Waals surface area contributed by atoms with E-state index in [1.165, 1.54) is 0 Å². The van der Waals surface area contributed by atoms with Gasteiger partial charge in [0.05, 0.1) is 22.4 Å². The van der Waals surface area contributed by atoms with E-state index in [1.807, 2.05) is 11.6 Å². The zero-order chi connectivity index (χ0) is 14.0. The number of hydrogen-bond donors (Lipinski definition) is 2. The molecule has 1 aromatic rings. The van der Waals surface area contributed by atoms with E-state index in [1.54, 1.807) is 6.20 Å². The first-order valence-electron chi connectivity index (χ1n) is 6.53. The smallest absolute Gasteiger partial charge is 0.248 e. The third kappa shape index (κ3) is 3.14. The molecule has 1 saturated carbocycles. The summed E-state index contributed by atoms with van der Waals surface area (Å²) in [5.41, 5.74) is 3.57. The quantitative estimate of drug-likeness (QED) is 0.642. The van der Waals surface area contributed by atoms with Crippen molar-refractivity contribution in [3.63, 3.8) is 0 Å². The third-order valence-corrected chi connectivity index (χ3v) is 4.27. The Bertz CT molecular complexity index is 435. The van der Waals surface area contributed by atoms with Crippen molar-refractivity contribution in [2.24, 2.45) is 11.8 Å². The molecule has 7 heteroatoms. The predicted molar refractivity (Wildman–Crippen MR) is 72.6 cm³/mol. The largest absolute Gasteiger partial charge is 0.271 e. The number of nitrogens with two attached hydrogens (primary N) is 1. The van der Waals surface area contributed by atoms with Gasteiger partial charge >= 0.3 is 0 Å². The monoisotopic (exact) mass is 336 g/mol. The summed E-state index contributed by atoms with van der Waals surface area (Å²) < 4.78 is 29.4. The van der Waals surface area contributed by atoms with Crippen molar-refractivity contribution in [3.8, 4) is 0 Å². The van der Waals surface area contributed by atoms with Crippen molar-refractivity contribution in [1.82, 2.24) is 15.2 Å². The number of nitrogens with zero attached hydrogens (tertiary/aromatic N) is 2. The van der Waals surface area contributed by atoms with Crippen LogP contribution in [0.1, 0.15) is 44.3 Å². The lowest BCUT2D eigenvalue weighted by Crippen LogP contribution is -2.35. The maximum atomic E-state index is 13.4. The summed E-state index contributed by atoms with van der Waals surface area (Å²) in [5, 5.41) is 4.27. The van der Waals surface area contributed by atoms with Gasteiger partial charge in [-0.15, -0.1) is 0 Å². The van der Waals surface area contributed by atoms with Gasteiger partial charge in [0.2, 0.25) is 5.92 Å². The summed E-state index contributed by atoms with van der Waals surface area (Å²) in [4.78, 5) is 0. The van der Waals surface area contributed by atoms with Crippen LogP contribution in [0.3, 0.4) is 0 Å². The standard InChI is InChI=1S/C12H19BrF2N4/c1-2-5-19-11(9(13)7-17-19)10(18-16)8-3-4-12(14,15)6-8/h7-8,10,18H,2-6,16H2,1H3. The van der Waals surface area contributed by atoms with Gasteiger partial charge in [-0.3, -0.25) is 16.0 Å². The zero-order valence-electron chi connectivity index (χ0n) is 10.9. The van der Waals surface area contributed by atoms with Crippen LogP contribution in [0.2, 0.25) is 0 Å². The van der Waals surface area contributed by atoms with E-state index in [4.69, 9.17) is 5.84 Å². The fourth-order valence-corrected chi connectivity index (χ4v) is 3.32. The Hall–Kier alpha value is -0.530. The highest BCUT2D eigenvalue weighted by Gasteiger charge is 2.43. The molecular weight excluding hydrogens is 318 g/mol. The third-order valence-electron chi connectivity index (χ3n) is 3.66. The van der Waals surface area contributed by atoms with Gasteiger partial charge in [-0.05, 0) is 34.7 Å². The second kappa shape index (κ2) is 5.85. The van der Waals surface area contributed by atoms with E-state index in [2.05, 4.69) is 26.5 Å². The first kappa shape index (κ1) is 14.9. The van der Waals surface area contributed by atoms with Crippen LogP contribution in [0, 0.1) is 5.92 Å². The highest BCUT2D eigenvalue weighted by molar-refractivity contribution is 9.10. The molecule has 0 spiro atoms. The van der Waals surface area contributed by atoms with E-state index in [0.29, 0.717) is 6.42 Å². The number of alkyl halides is 2. The molecule has 0 aromatic carbocycles. The molecule has 0 radical (unpaired) electrons. The molecule has 2 atom stereocenters. The van der Waals surface area contributed by atoms with Crippen molar-refractivity contribution >= 4 is 15.9 Å². The van der Waals surface area contributed by atoms with Gasteiger partial charge in [-0.1, -0.05) is 6.92 Å². The lowest BCUT2D eigenvalue weighted by molar-refractivity contribution is 0.00310. The average Bonchev–Trinajstić information content (AvgIpc) is 2.87. The number of aryl methyl sites for hydroxylation is 1. The fraction of sp³-hybridized carbons (Fsp3) is 0.750. The second-order valence-corrected chi connectivity index (χ2v) is 5.96. The first-order valence-corrected chi connectivity index (χ1v) is 7.33. The van der Waals surface area contributed by atoms with E-state index in [0.717, 1.165) is 23.1 Å². The Morgan fingerprint density at radius 3 is 2.95 bits per heavy atom. The van der Waals surface area contributed by atoms with Crippen LogP contribution < -0.4 is 11.3 Å². The summed E-state index contributed by atoms with van der Waals surface area (Å²) in [7, 11) is 0. The van der Waals surface area contributed by atoms with Gasteiger partial charge in [0.15, 0.2) is 0 Å². The fourth-order valence-electron chi connectivity index (χ4n) is 2.78. The topological polar surface area (TPSA) is 55.9 Å². The molecule has 0 bridgehead atoms. The van der Waals surface area contributed by atoms with Crippen molar-refractivity contribution < 1.29 is 8.78 Å². The SMILES string of the molecule is CCCn1ncc(Br)c1C(NN)C1CCC(F)(F)C1. The molecule has 1 aliphatic rings. The summed E-state index contributed by atoms with van der Waals surface area (Å²) in [6, 6.07) is -0.295. The highest BCUT2D eigenvalue weighted by atomic mass is 79.9. The maximum Gasteiger partial charge on any atom is 0.248 e. The molecule has 0 saturated heterocycles. The Labute approximate surface area is 119 Å². The zero-order valence-corrected chi connectivity index (χ0v) is 12.5. The van der Waals surface area contributed by atoms with Gasteiger partial charge in [-0.2, -0.15) is 5.10 Å². The molecule has 4 nitrogen and oxygen atoms in total. The summed E-state index contributed by atoms with van der Waals surface area (Å²) >= 11 is 3.44. The van der Waals surface area contributed by atoms with Gasteiger partial charge in [-0.25, -0.2) is 8.78 Å². The minimum Gasteiger partial charge on any atom is -0.271 e. The molecule has 0 amide bonds. The number of halogens is 3. The van der Waals surface area contributed by atoms with Crippen LogP contribution in [0.5, 0.6) is 0 Å². The van der Waals surface area contributed by atoms with Crippen LogP contribution in [0.25, 0.3) is 0 Å². The number of hydrazine groups is 1. The van der Waals surface area contributed by atoms with Crippen LogP contribution >= 0.6 is 15.9 Å². The van der Waals surface area contributed by atoms with Crippen molar-refractivity contribution in [2.45, 2.75) is 51.1 Å². The minimum absolute atomic E-state index is 0.0601. The Morgan fingerprint density at radius 2 is 2.42 bits per heavy atom. The molecule has 1 aromatic heterocycles. The Balaban J connectivity index is 2.25. The summed E-state index contributed by atoms with van der Waals surface area (Å²) in [6.45, 7) is 2.80. The number of nitrogens with one attached hydrogen (secondary N) is 1. The van der Waals surface area contributed by atoms with Crippen LogP contribution in [0.15, 0.2) is 10.7 Å².